The molecule has 2 aromatic carbocycles. The SMILES string of the molecule is COc1ccc(CC(=O)N2CCC3(CCN(C(=O)CC4Cc5ccccc5C4)CC3)C2)c(OC)c1OC. The van der Waals surface area contributed by atoms with E-state index in [0.29, 0.717) is 35.5 Å². The molecule has 3 aliphatic rings. The minimum Gasteiger partial charge on any atom is -0.493 e. The molecule has 2 saturated heterocycles. The third kappa shape index (κ3) is 5.13. The van der Waals surface area contributed by atoms with Crippen molar-refractivity contribution < 1.29 is 23.8 Å². The normalized spacial score (nSPS) is 18.7. The van der Waals surface area contributed by atoms with E-state index in [9.17, 15) is 9.59 Å². The zero-order valence-corrected chi connectivity index (χ0v) is 22.3. The molecule has 2 heterocycles. The highest BCUT2D eigenvalue weighted by atomic mass is 16.5. The molecule has 0 radical (unpaired) electrons. The van der Waals surface area contributed by atoms with E-state index < -0.39 is 0 Å². The van der Waals surface area contributed by atoms with Crippen LogP contribution in [0.25, 0.3) is 0 Å². The van der Waals surface area contributed by atoms with Crippen molar-refractivity contribution in [2.45, 2.75) is 44.9 Å². The van der Waals surface area contributed by atoms with Gasteiger partial charge in [-0.15, -0.1) is 0 Å². The largest absolute Gasteiger partial charge is 0.493 e. The number of fused-ring (bicyclic) bond motifs is 1. The molecule has 0 atom stereocenters. The Labute approximate surface area is 219 Å². The molecule has 2 amide bonds. The third-order valence-corrected chi connectivity index (χ3v) is 8.69. The maximum Gasteiger partial charge on any atom is 0.227 e. The maximum atomic E-state index is 13.3. The zero-order chi connectivity index (χ0) is 26.0. The van der Waals surface area contributed by atoms with Gasteiger partial charge in [-0.25, -0.2) is 0 Å². The monoisotopic (exact) mass is 506 g/mol. The fourth-order valence-electron chi connectivity index (χ4n) is 6.53. The quantitative estimate of drug-likeness (QED) is 0.570. The van der Waals surface area contributed by atoms with E-state index in [4.69, 9.17) is 14.2 Å². The van der Waals surface area contributed by atoms with Gasteiger partial charge in [0.25, 0.3) is 0 Å². The molecule has 1 spiro atoms. The molecule has 0 N–H and O–H groups in total. The van der Waals surface area contributed by atoms with Gasteiger partial charge in [-0.1, -0.05) is 30.3 Å². The molecule has 0 saturated carbocycles. The summed E-state index contributed by atoms with van der Waals surface area (Å²) in [5, 5.41) is 0. The highest BCUT2D eigenvalue weighted by Gasteiger charge is 2.43. The Morgan fingerprint density at radius 1 is 0.811 bits per heavy atom. The van der Waals surface area contributed by atoms with Crippen LogP contribution in [-0.4, -0.2) is 69.1 Å². The van der Waals surface area contributed by atoms with E-state index in [2.05, 4.69) is 29.2 Å². The first-order chi connectivity index (χ1) is 17.9. The highest BCUT2D eigenvalue weighted by molar-refractivity contribution is 5.81. The molecule has 1 aliphatic carbocycles. The number of piperidine rings is 1. The smallest absolute Gasteiger partial charge is 0.227 e. The second-order valence-electron chi connectivity index (χ2n) is 10.9. The van der Waals surface area contributed by atoms with Crippen molar-refractivity contribution in [3.05, 3.63) is 53.1 Å². The van der Waals surface area contributed by atoms with Gasteiger partial charge in [-0.3, -0.25) is 9.59 Å². The molecule has 7 nitrogen and oxygen atoms in total. The van der Waals surface area contributed by atoms with Crippen molar-refractivity contribution in [3.8, 4) is 17.2 Å². The van der Waals surface area contributed by atoms with Gasteiger partial charge in [0.1, 0.15) is 0 Å². The van der Waals surface area contributed by atoms with Crippen LogP contribution < -0.4 is 14.2 Å². The molecular formula is C30H38N2O5. The van der Waals surface area contributed by atoms with Gasteiger partial charge >= 0.3 is 0 Å². The number of rotatable bonds is 7. The maximum absolute atomic E-state index is 13.3. The number of amides is 2. The Morgan fingerprint density at radius 3 is 2.03 bits per heavy atom. The molecule has 37 heavy (non-hydrogen) atoms. The standard InChI is InChI=1S/C30H38N2O5/c1-35-25-9-8-24(28(36-2)29(25)37-3)19-27(34)32-15-12-30(20-32)10-13-31(14-11-30)26(33)18-21-16-22-6-4-5-7-23(22)17-21/h4-9,21H,10-20H2,1-3H3. The fourth-order valence-corrected chi connectivity index (χ4v) is 6.53. The van der Waals surface area contributed by atoms with E-state index in [1.165, 1.54) is 11.1 Å². The number of likely N-dealkylation sites (tertiary alicyclic amines) is 2. The van der Waals surface area contributed by atoms with Crippen LogP contribution in [0.3, 0.4) is 0 Å². The summed E-state index contributed by atoms with van der Waals surface area (Å²) < 4.78 is 16.4. The van der Waals surface area contributed by atoms with E-state index in [1.807, 2.05) is 17.0 Å². The number of methoxy groups -OCH3 is 3. The van der Waals surface area contributed by atoms with Crippen LogP contribution in [0.4, 0.5) is 0 Å². The zero-order valence-electron chi connectivity index (χ0n) is 22.3. The number of carbonyl (C=O) groups excluding carboxylic acids is 2. The third-order valence-electron chi connectivity index (χ3n) is 8.69. The molecule has 2 aliphatic heterocycles. The van der Waals surface area contributed by atoms with Crippen molar-refractivity contribution in [3.63, 3.8) is 0 Å². The first-order valence-corrected chi connectivity index (χ1v) is 13.4. The van der Waals surface area contributed by atoms with Gasteiger partial charge in [0, 0.05) is 38.2 Å². The summed E-state index contributed by atoms with van der Waals surface area (Å²) in [4.78, 5) is 30.4. The van der Waals surface area contributed by atoms with E-state index >= 15 is 0 Å². The van der Waals surface area contributed by atoms with E-state index in [-0.39, 0.29) is 17.7 Å². The molecule has 198 valence electrons. The van der Waals surface area contributed by atoms with Crippen LogP contribution in [0, 0.1) is 11.3 Å². The summed E-state index contributed by atoms with van der Waals surface area (Å²) in [5.41, 5.74) is 3.72. The Balaban J connectivity index is 1.14. The highest BCUT2D eigenvalue weighted by Crippen LogP contribution is 2.43. The lowest BCUT2D eigenvalue weighted by Gasteiger charge is -2.39. The second-order valence-corrected chi connectivity index (χ2v) is 10.9. The summed E-state index contributed by atoms with van der Waals surface area (Å²) in [6.07, 6.45) is 5.86. The van der Waals surface area contributed by atoms with Gasteiger partial charge in [-0.2, -0.15) is 0 Å². The fraction of sp³-hybridized carbons (Fsp3) is 0.533. The molecular weight excluding hydrogens is 468 g/mol. The van der Waals surface area contributed by atoms with Crippen LogP contribution in [0.5, 0.6) is 17.2 Å². The minimum atomic E-state index is 0.0988. The first-order valence-electron chi connectivity index (χ1n) is 13.4. The summed E-state index contributed by atoms with van der Waals surface area (Å²) in [6.45, 7) is 3.12. The van der Waals surface area contributed by atoms with Crippen LogP contribution in [0.15, 0.2) is 36.4 Å². The lowest BCUT2D eigenvalue weighted by Crippen LogP contribution is -2.45. The lowest BCUT2D eigenvalue weighted by molar-refractivity contribution is -0.135. The second kappa shape index (κ2) is 10.6. The van der Waals surface area contributed by atoms with E-state index in [1.54, 1.807) is 21.3 Å². The number of benzene rings is 2. The van der Waals surface area contributed by atoms with Gasteiger partial charge < -0.3 is 24.0 Å². The van der Waals surface area contributed by atoms with Gasteiger partial charge in [-0.05, 0) is 60.6 Å². The summed E-state index contributed by atoms with van der Waals surface area (Å²) >= 11 is 0. The molecule has 7 heteroatoms. The van der Waals surface area contributed by atoms with Gasteiger partial charge in [0.05, 0.1) is 27.8 Å². The van der Waals surface area contributed by atoms with Crippen LogP contribution in [0.1, 0.15) is 42.4 Å². The summed E-state index contributed by atoms with van der Waals surface area (Å²) in [7, 11) is 4.73. The Morgan fingerprint density at radius 2 is 1.43 bits per heavy atom. The topological polar surface area (TPSA) is 68.3 Å². The van der Waals surface area contributed by atoms with Crippen LogP contribution in [-0.2, 0) is 28.9 Å². The van der Waals surface area contributed by atoms with Crippen molar-refractivity contribution >= 4 is 11.8 Å². The predicted molar refractivity (Wildman–Crippen MR) is 141 cm³/mol. The van der Waals surface area contributed by atoms with Crippen LogP contribution in [0.2, 0.25) is 0 Å². The average molecular weight is 507 g/mol. The number of carbonyl (C=O) groups is 2. The Hall–Kier alpha value is -3.22. The molecule has 0 bridgehead atoms. The van der Waals surface area contributed by atoms with Crippen LogP contribution >= 0.6 is 0 Å². The number of ether oxygens (including phenoxy) is 3. The molecule has 0 unspecified atom stereocenters. The summed E-state index contributed by atoms with van der Waals surface area (Å²) in [6, 6.07) is 12.3. The lowest BCUT2D eigenvalue weighted by atomic mass is 9.77. The van der Waals surface area contributed by atoms with Gasteiger partial charge in [0.15, 0.2) is 11.5 Å². The average Bonchev–Trinajstić information content (AvgIpc) is 3.52. The summed E-state index contributed by atoms with van der Waals surface area (Å²) in [5.74, 6) is 2.44. The predicted octanol–water partition coefficient (Wildman–Crippen LogP) is 3.90. The first kappa shape index (κ1) is 25.4. The molecule has 0 aromatic heterocycles. The molecule has 2 aromatic rings. The molecule has 2 fully saturated rings. The minimum absolute atomic E-state index is 0.0988. The molecule has 5 rings (SSSR count). The number of hydrogen-bond donors (Lipinski definition) is 0. The van der Waals surface area contributed by atoms with E-state index in [0.717, 1.165) is 63.8 Å². The van der Waals surface area contributed by atoms with Crippen molar-refractivity contribution in [2.75, 3.05) is 47.5 Å². The van der Waals surface area contributed by atoms with Crippen molar-refractivity contribution in [2.24, 2.45) is 11.3 Å². The Bertz CT molecular complexity index is 1130. The number of hydrogen-bond acceptors (Lipinski definition) is 5. The van der Waals surface area contributed by atoms with Gasteiger partial charge in [0.2, 0.25) is 17.6 Å². The number of nitrogens with zero attached hydrogens (tertiary/aromatic N) is 2. The van der Waals surface area contributed by atoms with Crippen molar-refractivity contribution in [1.29, 1.82) is 0 Å². The van der Waals surface area contributed by atoms with Crippen molar-refractivity contribution in [1.82, 2.24) is 9.80 Å². The Kier molecular flexibility index (Phi) is 7.31.